The van der Waals surface area contributed by atoms with Gasteiger partial charge < -0.3 is 0 Å². The normalized spacial score (nSPS) is 13.7. The van der Waals surface area contributed by atoms with Gasteiger partial charge in [-0.2, -0.15) is 0 Å². The molecule has 0 saturated carbocycles. The first-order valence-corrected chi connectivity index (χ1v) is 15.1. The van der Waals surface area contributed by atoms with Crippen LogP contribution in [0.2, 0.25) is 0 Å². The number of benzene rings is 2. The third kappa shape index (κ3) is 3.16. The van der Waals surface area contributed by atoms with E-state index in [1.54, 1.807) is 0 Å². The molecule has 0 spiro atoms. The van der Waals surface area contributed by atoms with Crippen molar-refractivity contribution in [3.05, 3.63) is 156 Å². The third-order valence-electron chi connectivity index (χ3n) is 6.89. The van der Waals surface area contributed by atoms with Crippen molar-refractivity contribution < 1.29 is 0 Å². The minimum atomic E-state index is -1.22. The number of hydrogen-bond donors (Lipinski definition) is 0. The molecule has 4 nitrogen and oxygen atoms in total. The third-order valence-corrected chi connectivity index (χ3v) is 11.6. The summed E-state index contributed by atoms with van der Waals surface area (Å²) in [4.78, 5) is 9.43. The molecule has 0 radical (unpaired) electrons. The van der Waals surface area contributed by atoms with Crippen LogP contribution in [0.1, 0.15) is 22.3 Å². The van der Waals surface area contributed by atoms with Crippen molar-refractivity contribution >= 4 is 30.3 Å². The van der Waals surface area contributed by atoms with Gasteiger partial charge in [-0.3, -0.25) is 0 Å². The van der Waals surface area contributed by atoms with Crippen LogP contribution in [-0.4, -0.2) is 42.7 Å². The number of pyridine rings is 2. The van der Waals surface area contributed by atoms with Crippen molar-refractivity contribution in [3.63, 3.8) is 0 Å². The Labute approximate surface area is 221 Å². The number of hydrogen-bond acceptors (Lipinski definition) is 2. The van der Waals surface area contributed by atoms with Crippen molar-refractivity contribution in [2.24, 2.45) is 0 Å². The van der Waals surface area contributed by atoms with Crippen LogP contribution in [0.3, 0.4) is 0 Å². The quantitative estimate of drug-likeness (QED) is 0.281. The summed E-state index contributed by atoms with van der Waals surface area (Å²) in [5.41, 5.74) is 4.85. The monoisotopic (exact) mass is 659 g/mol. The molecule has 6 aromatic rings. The maximum absolute atomic E-state index is 4.72. The second kappa shape index (κ2) is 8.69. The molecule has 0 saturated heterocycles. The molecule has 0 fully saturated rings. The first-order chi connectivity index (χ1) is 17.9. The van der Waals surface area contributed by atoms with Gasteiger partial charge in [0, 0.05) is 0 Å². The van der Waals surface area contributed by atoms with E-state index < -0.39 is 29.0 Å². The summed E-state index contributed by atoms with van der Waals surface area (Å²) in [6.07, 6.45) is 8.17. The van der Waals surface area contributed by atoms with Crippen molar-refractivity contribution in [1.29, 1.82) is 0 Å². The fraction of sp³-hybridized carbons (Fsp3) is 0.0323. The van der Waals surface area contributed by atoms with Crippen molar-refractivity contribution in [2.75, 3.05) is 0 Å². The Morgan fingerprint density at radius 1 is 0.500 bits per heavy atom. The topological polar surface area (TPSA) is 35.6 Å². The zero-order valence-corrected chi connectivity index (χ0v) is 22.6. The van der Waals surface area contributed by atoms with E-state index in [0.717, 1.165) is 11.6 Å². The fourth-order valence-electron chi connectivity index (χ4n) is 5.37. The molecule has 0 bridgehead atoms. The summed E-state index contributed by atoms with van der Waals surface area (Å²) in [7, 11) is 0. The van der Waals surface area contributed by atoms with E-state index in [-0.39, 0.29) is 0 Å². The van der Waals surface area contributed by atoms with Gasteiger partial charge in [0.1, 0.15) is 0 Å². The Morgan fingerprint density at radius 2 is 0.944 bits per heavy atom. The van der Waals surface area contributed by atoms with Crippen molar-refractivity contribution in [2.45, 2.75) is 5.41 Å². The summed E-state index contributed by atoms with van der Waals surface area (Å²) < 4.78 is 7.45. The molecule has 0 atom stereocenters. The van der Waals surface area contributed by atoms with Gasteiger partial charge in [-0.25, -0.2) is 0 Å². The Bertz CT molecular complexity index is 1510. The number of fused-ring (bicyclic) bond motifs is 2. The van der Waals surface area contributed by atoms with Gasteiger partial charge in [-0.1, -0.05) is 0 Å². The predicted octanol–water partition coefficient (Wildman–Crippen LogP) is 4.41. The molecule has 0 N–H and O–H groups in total. The molecule has 172 valence electrons. The minimum absolute atomic E-state index is 0.425. The SMILES string of the molecule is c1ccc(C2(c3ccccc3)c3ccn(-c4ccccn4)[c]3[Po][c]3c2ccn3-c2ccccn2)cc1. The van der Waals surface area contributed by atoms with E-state index in [1.165, 1.54) is 29.0 Å². The standard InChI is InChI=1S/C31H22N4.Po/c1-3-11-25(12-4-1)31(26-13-5-2-6-14-26,27-17-21-34(23-27)29-15-7-9-19-32-29)28-18-22-35(24-28)30-16-8-10-20-33-30;/h1-22H;. The van der Waals surface area contributed by atoms with Gasteiger partial charge in [0.05, 0.1) is 0 Å². The fourth-order valence-corrected chi connectivity index (χ4v) is 10.6. The molecule has 0 unspecified atom stereocenters. The van der Waals surface area contributed by atoms with Crippen LogP contribution >= 0.6 is 0 Å². The van der Waals surface area contributed by atoms with E-state index >= 15 is 0 Å². The van der Waals surface area contributed by atoms with E-state index in [2.05, 4.69) is 119 Å². The van der Waals surface area contributed by atoms with Crippen molar-refractivity contribution in [1.82, 2.24) is 19.1 Å². The van der Waals surface area contributed by atoms with Gasteiger partial charge in [-0.05, 0) is 0 Å². The zero-order valence-electron chi connectivity index (χ0n) is 19.4. The number of nitrogens with zero attached hydrogens (tertiary/aromatic N) is 4. The Morgan fingerprint density at radius 3 is 1.36 bits per heavy atom. The van der Waals surface area contributed by atoms with Crippen LogP contribution in [0, 0.1) is 0 Å². The van der Waals surface area contributed by atoms with Crippen LogP contribution in [0.25, 0.3) is 11.6 Å². The van der Waals surface area contributed by atoms with E-state index in [9.17, 15) is 0 Å². The van der Waals surface area contributed by atoms with Crippen LogP contribution in [-0.2, 0) is 5.41 Å². The van der Waals surface area contributed by atoms with Crippen LogP contribution in [0.4, 0.5) is 0 Å². The predicted molar refractivity (Wildman–Crippen MR) is 144 cm³/mol. The molecule has 1 aliphatic heterocycles. The first kappa shape index (κ1) is 21.5. The second-order valence-corrected chi connectivity index (χ2v) is 12.6. The van der Waals surface area contributed by atoms with E-state index in [1.807, 2.05) is 24.5 Å². The zero-order chi connectivity index (χ0) is 24.0. The van der Waals surface area contributed by atoms with Gasteiger partial charge in [0.25, 0.3) is 0 Å². The molecule has 0 amide bonds. The van der Waals surface area contributed by atoms with E-state index in [0.29, 0.717) is 0 Å². The average molecular weight is 660 g/mol. The Kier molecular flexibility index (Phi) is 5.19. The molecule has 7 rings (SSSR count). The number of aromatic nitrogens is 4. The van der Waals surface area contributed by atoms with E-state index in [4.69, 9.17) is 9.97 Å². The Hall–Kier alpha value is -3.80. The molecule has 5 heterocycles. The first-order valence-electron chi connectivity index (χ1n) is 11.9. The molecule has 4 aromatic heterocycles. The molecule has 1 aliphatic rings. The van der Waals surface area contributed by atoms with Crippen LogP contribution in [0.5, 0.6) is 0 Å². The summed E-state index contributed by atoms with van der Waals surface area (Å²) in [6.45, 7) is 0. The molecule has 0 aliphatic carbocycles. The molecular weight excluding hydrogens is 637 g/mol. The average Bonchev–Trinajstić information content (AvgIpc) is 3.59. The van der Waals surface area contributed by atoms with Crippen LogP contribution in [0.15, 0.2) is 134 Å². The summed E-state index contributed by atoms with van der Waals surface area (Å²) in [5, 5.41) is 0. The van der Waals surface area contributed by atoms with Gasteiger partial charge >= 0.3 is 223 Å². The van der Waals surface area contributed by atoms with Gasteiger partial charge in [0.2, 0.25) is 0 Å². The summed E-state index contributed by atoms with van der Waals surface area (Å²) in [6, 6.07) is 38.8. The summed E-state index contributed by atoms with van der Waals surface area (Å²) in [5.74, 6) is 1.93. The molecule has 2 aromatic carbocycles. The molecular formula is C31H22N4Po. The van der Waals surface area contributed by atoms with Crippen LogP contribution < -0.4 is 6.71 Å². The number of rotatable bonds is 4. The second-order valence-electron chi connectivity index (χ2n) is 8.77. The maximum atomic E-state index is 4.72. The molecule has 5 heteroatoms. The Balaban J connectivity index is 1.60. The van der Waals surface area contributed by atoms with Crippen molar-refractivity contribution in [3.8, 4) is 11.6 Å². The summed E-state index contributed by atoms with van der Waals surface area (Å²) >= 11 is -1.22. The van der Waals surface area contributed by atoms with Gasteiger partial charge in [0.15, 0.2) is 0 Å². The van der Waals surface area contributed by atoms with Gasteiger partial charge in [-0.15, -0.1) is 0 Å². The molecule has 36 heavy (non-hydrogen) atoms.